The normalized spacial score (nSPS) is 9.95. The van der Waals surface area contributed by atoms with E-state index in [-0.39, 0.29) is 6.09 Å². The number of amides is 2. The van der Waals surface area contributed by atoms with Crippen molar-refractivity contribution in [3.8, 4) is 5.75 Å². The van der Waals surface area contributed by atoms with Crippen molar-refractivity contribution in [1.82, 2.24) is 4.90 Å². The lowest BCUT2D eigenvalue weighted by Gasteiger charge is -2.20. The predicted octanol–water partition coefficient (Wildman–Crippen LogP) is 3.88. The van der Waals surface area contributed by atoms with Gasteiger partial charge in [-0.1, -0.05) is 19.9 Å². The van der Waals surface area contributed by atoms with Crippen LogP contribution in [-0.2, 0) is 4.74 Å². The zero-order chi connectivity index (χ0) is 16.4. The third kappa shape index (κ3) is 6.03. The number of carbonyl (C=O) groups excluding carboxylic acids is 2. The molecule has 0 atom stereocenters. The second kappa shape index (κ2) is 9.65. The molecule has 1 N–H and O–H groups in total. The summed E-state index contributed by atoms with van der Waals surface area (Å²) in [5.41, 5.74) is 0.515. The molecule has 1 rings (SSSR count). The highest BCUT2D eigenvalue weighted by atomic mass is 16.6. The van der Waals surface area contributed by atoms with Crippen LogP contribution in [0.15, 0.2) is 24.3 Å². The van der Waals surface area contributed by atoms with Crippen LogP contribution in [0.3, 0.4) is 0 Å². The lowest BCUT2D eigenvalue weighted by molar-refractivity contribution is 0.152. The number of rotatable bonds is 7. The maximum atomic E-state index is 12.1. The summed E-state index contributed by atoms with van der Waals surface area (Å²) in [6.07, 6.45) is 0.834. The number of anilines is 1. The highest BCUT2D eigenvalue weighted by Gasteiger charge is 2.14. The van der Waals surface area contributed by atoms with E-state index in [1.54, 1.807) is 36.1 Å². The maximum absolute atomic E-state index is 12.1. The molecule has 122 valence electrons. The van der Waals surface area contributed by atoms with Gasteiger partial charge in [-0.25, -0.2) is 9.59 Å². The number of benzene rings is 1. The van der Waals surface area contributed by atoms with Crippen molar-refractivity contribution in [3.05, 3.63) is 24.3 Å². The average Bonchev–Trinajstić information content (AvgIpc) is 2.47. The Morgan fingerprint density at radius 3 is 2.41 bits per heavy atom. The highest BCUT2D eigenvalue weighted by molar-refractivity contribution is 5.85. The molecule has 0 bridgehead atoms. The summed E-state index contributed by atoms with van der Waals surface area (Å²) in [6, 6.07) is 6.66. The molecule has 0 aliphatic heterocycles. The van der Waals surface area contributed by atoms with E-state index in [4.69, 9.17) is 9.47 Å². The van der Waals surface area contributed by atoms with Gasteiger partial charge in [-0.3, -0.25) is 5.32 Å². The van der Waals surface area contributed by atoms with Crippen molar-refractivity contribution in [3.63, 3.8) is 0 Å². The van der Waals surface area contributed by atoms with E-state index in [2.05, 4.69) is 5.32 Å². The molecule has 0 saturated carbocycles. The Hall–Kier alpha value is -2.24. The molecule has 0 fully saturated rings. The van der Waals surface area contributed by atoms with E-state index in [1.165, 1.54) is 0 Å². The number of nitrogens with zero attached hydrogens (tertiary/aromatic N) is 1. The summed E-state index contributed by atoms with van der Waals surface area (Å²) in [5, 5.41) is 2.57. The van der Waals surface area contributed by atoms with E-state index in [9.17, 15) is 9.59 Å². The van der Waals surface area contributed by atoms with Crippen molar-refractivity contribution >= 4 is 17.9 Å². The molecule has 6 nitrogen and oxygen atoms in total. The van der Waals surface area contributed by atoms with Crippen LogP contribution in [0.2, 0.25) is 0 Å². The second-order valence-corrected chi connectivity index (χ2v) is 4.73. The molecule has 6 heteroatoms. The zero-order valence-corrected chi connectivity index (χ0v) is 13.4. The first kappa shape index (κ1) is 17.8. The quantitative estimate of drug-likeness (QED) is 0.830. The molecule has 22 heavy (non-hydrogen) atoms. The summed E-state index contributed by atoms with van der Waals surface area (Å²) in [7, 11) is 0. The molecular weight excluding hydrogens is 284 g/mol. The molecule has 0 aliphatic carbocycles. The maximum Gasteiger partial charge on any atom is 0.415 e. The van der Waals surface area contributed by atoms with Crippen LogP contribution in [0.1, 0.15) is 33.6 Å². The molecular formula is C16H24N2O4. The summed E-state index contributed by atoms with van der Waals surface area (Å²) < 4.78 is 10.2. The molecule has 0 spiro atoms. The Labute approximate surface area is 131 Å². The van der Waals surface area contributed by atoms with Crippen LogP contribution in [-0.4, -0.2) is 36.8 Å². The first-order valence-corrected chi connectivity index (χ1v) is 7.61. The highest BCUT2D eigenvalue weighted by Crippen LogP contribution is 2.18. The molecule has 1 aromatic rings. The molecule has 2 amide bonds. The lowest BCUT2D eigenvalue weighted by Crippen LogP contribution is -2.34. The van der Waals surface area contributed by atoms with E-state index in [0.717, 1.165) is 12.8 Å². The van der Waals surface area contributed by atoms with Gasteiger partial charge in [0.05, 0.1) is 6.61 Å². The summed E-state index contributed by atoms with van der Waals surface area (Å²) >= 11 is 0. The first-order valence-electron chi connectivity index (χ1n) is 7.61. The lowest BCUT2D eigenvalue weighted by atomic mass is 10.3. The van der Waals surface area contributed by atoms with Gasteiger partial charge in [0.15, 0.2) is 0 Å². The van der Waals surface area contributed by atoms with E-state index >= 15 is 0 Å². The van der Waals surface area contributed by atoms with Crippen molar-refractivity contribution in [1.29, 1.82) is 0 Å². The SMILES string of the molecule is CCCN(CCC)C(=O)Oc1cccc(NC(=O)OCC)c1. The van der Waals surface area contributed by atoms with Gasteiger partial charge in [-0.15, -0.1) is 0 Å². The Bertz CT molecular complexity index is 485. The number of ether oxygens (including phenoxy) is 2. The average molecular weight is 308 g/mol. The molecule has 0 saturated heterocycles. The van der Waals surface area contributed by atoms with Crippen LogP contribution in [0.4, 0.5) is 15.3 Å². The molecule has 0 radical (unpaired) electrons. The summed E-state index contributed by atoms with van der Waals surface area (Å²) in [6.45, 7) is 7.37. The first-order chi connectivity index (χ1) is 10.6. The van der Waals surface area contributed by atoms with Gasteiger partial charge < -0.3 is 14.4 Å². The number of carbonyl (C=O) groups is 2. The summed E-state index contributed by atoms with van der Waals surface area (Å²) in [5.74, 6) is 0.386. The Morgan fingerprint density at radius 2 is 1.82 bits per heavy atom. The monoisotopic (exact) mass is 308 g/mol. The van der Waals surface area contributed by atoms with Crippen LogP contribution in [0.25, 0.3) is 0 Å². The fourth-order valence-electron chi connectivity index (χ4n) is 1.92. The van der Waals surface area contributed by atoms with Gasteiger partial charge in [0, 0.05) is 24.8 Å². The molecule has 0 heterocycles. The Kier molecular flexibility index (Phi) is 7.81. The van der Waals surface area contributed by atoms with Gasteiger partial charge in [0.1, 0.15) is 5.75 Å². The number of nitrogens with one attached hydrogen (secondary N) is 1. The number of hydrogen-bond donors (Lipinski definition) is 1. The second-order valence-electron chi connectivity index (χ2n) is 4.73. The molecule has 0 aliphatic rings. The smallest absolute Gasteiger partial charge is 0.415 e. The molecule has 0 unspecified atom stereocenters. The van der Waals surface area contributed by atoms with Gasteiger partial charge in [0.25, 0.3) is 0 Å². The third-order valence-electron chi connectivity index (χ3n) is 2.81. The van der Waals surface area contributed by atoms with Crippen molar-refractivity contribution < 1.29 is 19.1 Å². The van der Waals surface area contributed by atoms with E-state index in [1.807, 2.05) is 13.8 Å². The van der Waals surface area contributed by atoms with Gasteiger partial charge in [-0.05, 0) is 31.9 Å². The van der Waals surface area contributed by atoms with Crippen molar-refractivity contribution in [2.75, 3.05) is 25.0 Å². The minimum atomic E-state index is -0.537. The minimum absolute atomic E-state index is 0.295. The minimum Gasteiger partial charge on any atom is -0.450 e. The predicted molar refractivity (Wildman–Crippen MR) is 85.3 cm³/mol. The third-order valence-corrected chi connectivity index (χ3v) is 2.81. The van der Waals surface area contributed by atoms with Crippen LogP contribution >= 0.6 is 0 Å². The van der Waals surface area contributed by atoms with E-state index < -0.39 is 6.09 Å². The largest absolute Gasteiger partial charge is 0.450 e. The fraction of sp³-hybridized carbons (Fsp3) is 0.500. The fourth-order valence-corrected chi connectivity index (χ4v) is 1.92. The Balaban J connectivity index is 2.68. The van der Waals surface area contributed by atoms with Gasteiger partial charge >= 0.3 is 12.2 Å². The van der Waals surface area contributed by atoms with Crippen LogP contribution in [0.5, 0.6) is 5.75 Å². The van der Waals surface area contributed by atoms with Gasteiger partial charge in [-0.2, -0.15) is 0 Å². The van der Waals surface area contributed by atoms with Gasteiger partial charge in [0.2, 0.25) is 0 Å². The molecule has 1 aromatic carbocycles. The van der Waals surface area contributed by atoms with Crippen molar-refractivity contribution in [2.45, 2.75) is 33.6 Å². The van der Waals surface area contributed by atoms with E-state index in [0.29, 0.717) is 31.1 Å². The van der Waals surface area contributed by atoms with Crippen molar-refractivity contribution in [2.24, 2.45) is 0 Å². The summed E-state index contributed by atoms with van der Waals surface area (Å²) in [4.78, 5) is 25.2. The zero-order valence-electron chi connectivity index (χ0n) is 13.4. The Morgan fingerprint density at radius 1 is 1.14 bits per heavy atom. The standard InChI is InChI=1S/C16H24N2O4/c1-4-10-18(11-5-2)16(20)22-14-9-7-8-13(12-14)17-15(19)21-6-3/h7-9,12H,4-6,10-11H2,1-3H3,(H,17,19). The molecule has 0 aromatic heterocycles. The topological polar surface area (TPSA) is 67.9 Å². The van der Waals surface area contributed by atoms with Crippen LogP contribution in [0, 0.1) is 0 Å². The van der Waals surface area contributed by atoms with Crippen LogP contribution < -0.4 is 10.1 Å². The number of hydrogen-bond acceptors (Lipinski definition) is 4.